The second-order valence-corrected chi connectivity index (χ2v) is 6.32. The molecule has 0 amide bonds. The molecule has 3 heterocycles. The largest absolute Gasteiger partial charge is 0.477 e. The summed E-state index contributed by atoms with van der Waals surface area (Å²) >= 11 is 0. The summed E-state index contributed by atoms with van der Waals surface area (Å²) in [6, 6.07) is 0.233. The van der Waals surface area contributed by atoms with Crippen molar-refractivity contribution in [3.63, 3.8) is 0 Å². The predicted molar refractivity (Wildman–Crippen MR) is 85.2 cm³/mol. The Bertz CT molecular complexity index is 864. The van der Waals surface area contributed by atoms with E-state index in [1.807, 2.05) is 4.57 Å². The van der Waals surface area contributed by atoms with Gasteiger partial charge in [0.25, 0.3) is 0 Å². The minimum atomic E-state index is -1.20. The Hall–Kier alpha value is -2.44. The first-order valence-corrected chi connectivity index (χ1v) is 7.98. The number of nitrogens with zero attached hydrogens (tertiary/aromatic N) is 4. The molecule has 7 heteroatoms. The van der Waals surface area contributed by atoms with E-state index in [4.69, 9.17) is 0 Å². The van der Waals surface area contributed by atoms with E-state index < -0.39 is 11.4 Å². The first-order chi connectivity index (χ1) is 11.1. The molecule has 0 atom stereocenters. The zero-order valence-electron chi connectivity index (χ0n) is 12.9. The van der Waals surface area contributed by atoms with Crippen LogP contribution in [-0.4, -0.2) is 38.7 Å². The smallest absolute Gasteiger partial charge is 0.341 e. The summed E-state index contributed by atoms with van der Waals surface area (Å²) in [5, 5.41) is 9.64. The molecule has 2 fully saturated rings. The first kappa shape index (κ1) is 14.2. The molecule has 0 spiro atoms. The van der Waals surface area contributed by atoms with Crippen LogP contribution in [0, 0.1) is 6.92 Å². The summed E-state index contributed by atoms with van der Waals surface area (Å²) in [6.45, 7) is 3.60. The quantitative estimate of drug-likeness (QED) is 0.928. The van der Waals surface area contributed by atoms with Crippen LogP contribution in [0.3, 0.4) is 0 Å². The number of hydrogen-bond donors (Lipinski definition) is 1. The molecule has 0 radical (unpaired) electrons. The number of carboxylic acid groups (broad SMARTS) is 1. The molecule has 1 saturated heterocycles. The maximum atomic E-state index is 12.5. The van der Waals surface area contributed by atoms with Crippen LogP contribution >= 0.6 is 0 Å². The van der Waals surface area contributed by atoms with E-state index in [2.05, 4.69) is 14.9 Å². The first-order valence-electron chi connectivity index (χ1n) is 7.98. The van der Waals surface area contributed by atoms with Gasteiger partial charge < -0.3 is 14.6 Å². The van der Waals surface area contributed by atoms with Crippen LogP contribution in [0.4, 0.5) is 5.95 Å². The lowest BCUT2D eigenvalue weighted by Gasteiger charge is -2.18. The molecule has 0 aromatic carbocycles. The normalized spacial score (nSPS) is 17.9. The van der Waals surface area contributed by atoms with Crippen molar-refractivity contribution >= 4 is 23.0 Å². The van der Waals surface area contributed by atoms with Crippen molar-refractivity contribution in [1.29, 1.82) is 0 Å². The Morgan fingerprint density at radius 3 is 2.57 bits per heavy atom. The lowest BCUT2D eigenvalue weighted by molar-refractivity contribution is 0.0695. The fourth-order valence-electron chi connectivity index (χ4n) is 3.23. The lowest BCUT2D eigenvalue weighted by atomic mass is 10.1. The highest BCUT2D eigenvalue weighted by Gasteiger charge is 2.29. The Kier molecular flexibility index (Phi) is 3.11. The van der Waals surface area contributed by atoms with Crippen LogP contribution in [0.2, 0.25) is 0 Å². The van der Waals surface area contributed by atoms with E-state index in [-0.39, 0.29) is 11.6 Å². The molecule has 1 aliphatic heterocycles. The van der Waals surface area contributed by atoms with E-state index in [0.717, 1.165) is 38.8 Å². The van der Waals surface area contributed by atoms with E-state index in [0.29, 0.717) is 22.7 Å². The molecule has 1 N–H and O–H groups in total. The monoisotopic (exact) mass is 314 g/mol. The summed E-state index contributed by atoms with van der Waals surface area (Å²) in [4.78, 5) is 35.1. The molecule has 0 bridgehead atoms. The number of rotatable bonds is 3. The van der Waals surface area contributed by atoms with Gasteiger partial charge in [0.2, 0.25) is 11.4 Å². The molecule has 4 rings (SSSR count). The average Bonchev–Trinajstić information content (AvgIpc) is 3.20. The van der Waals surface area contributed by atoms with Crippen molar-refractivity contribution in [2.75, 3.05) is 18.0 Å². The third-order valence-electron chi connectivity index (χ3n) is 4.60. The fourth-order valence-corrected chi connectivity index (χ4v) is 3.23. The number of carbonyl (C=O) groups is 1. The van der Waals surface area contributed by atoms with Crippen molar-refractivity contribution in [1.82, 2.24) is 14.5 Å². The maximum absolute atomic E-state index is 12.5. The van der Waals surface area contributed by atoms with Crippen molar-refractivity contribution < 1.29 is 9.90 Å². The van der Waals surface area contributed by atoms with Crippen LogP contribution < -0.4 is 10.3 Å². The van der Waals surface area contributed by atoms with Gasteiger partial charge in [-0.1, -0.05) is 0 Å². The van der Waals surface area contributed by atoms with Crippen LogP contribution in [0.25, 0.3) is 11.0 Å². The molecule has 120 valence electrons. The average molecular weight is 314 g/mol. The second-order valence-electron chi connectivity index (χ2n) is 6.32. The summed E-state index contributed by atoms with van der Waals surface area (Å²) < 4.78 is 1.86. The van der Waals surface area contributed by atoms with Gasteiger partial charge in [-0.3, -0.25) is 4.79 Å². The number of aryl methyl sites for hydroxylation is 1. The molecule has 0 unspecified atom stereocenters. The third-order valence-corrected chi connectivity index (χ3v) is 4.60. The van der Waals surface area contributed by atoms with Gasteiger partial charge in [0.1, 0.15) is 11.2 Å². The second kappa shape index (κ2) is 5.04. The molecule has 1 aliphatic carbocycles. The van der Waals surface area contributed by atoms with Gasteiger partial charge in [-0.15, -0.1) is 0 Å². The van der Waals surface area contributed by atoms with Gasteiger partial charge in [-0.05, 0) is 32.6 Å². The van der Waals surface area contributed by atoms with Gasteiger partial charge in [-0.25, -0.2) is 9.78 Å². The van der Waals surface area contributed by atoms with Crippen LogP contribution in [0.1, 0.15) is 47.8 Å². The Labute approximate surface area is 132 Å². The van der Waals surface area contributed by atoms with Crippen LogP contribution in [0.5, 0.6) is 0 Å². The highest BCUT2D eigenvalue weighted by molar-refractivity contribution is 5.92. The minimum Gasteiger partial charge on any atom is -0.477 e. The molecular formula is C16H18N4O3. The Balaban J connectivity index is 2.01. The van der Waals surface area contributed by atoms with Crippen molar-refractivity contribution in [2.45, 2.75) is 38.6 Å². The molecular weight excluding hydrogens is 296 g/mol. The van der Waals surface area contributed by atoms with E-state index >= 15 is 0 Å². The number of fused-ring (bicyclic) bond motifs is 1. The van der Waals surface area contributed by atoms with E-state index in [9.17, 15) is 14.7 Å². The number of anilines is 1. The fraction of sp³-hybridized carbons (Fsp3) is 0.500. The molecule has 2 aromatic rings. The lowest BCUT2D eigenvalue weighted by Crippen LogP contribution is -2.24. The van der Waals surface area contributed by atoms with Crippen molar-refractivity contribution in [2.24, 2.45) is 0 Å². The predicted octanol–water partition coefficient (Wildman–Crippen LogP) is 1.73. The van der Waals surface area contributed by atoms with Gasteiger partial charge in [0, 0.05) is 25.3 Å². The number of pyridine rings is 1. The van der Waals surface area contributed by atoms with Gasteiger partial charge in [-0.2, -0.15) is 4.98 Å². The zero-order chi connectivity index (χ0) is 16.1. The van der Waals surface area contributed by atoms with Gasteiger partial charge in [0.15, 0.2) is 0 Å². The third kappa shape index (κ3) is 2.27. The summed E-state index contributed by atoms with van der Waals surface area (Å²) in [6.07, 6.45) is 5.66. The summed E-state index contributed by atoms with van der Waals surface area (Å²) in [5.74, 6) is -0.557. The van der Waals surface area contributed by atoms with E-state index in [1.54, 1.807) is 6.92 Å². The number of hydrogen-bond acceptors (Lipinski definition) is 5. The highest BCUT2D eigenvalue weighted by atomic mass is 16.4. The van der Waals surface area contributed by atoms with Crippen molar-refractivity contribution in [3.8, 4) is 0 Å². The molecule has 2 aromatic heterocycles. The number of carboxylic acids is 1. The van der Waals surface area contributed by atoms with Crippen LogP contribution in [0.15, 0.2) is 11.0 Å². The topological polar surface area (TPSA) is 88.3 Å². The molecule has 23 heavy (non-hydrogen) atoms. The maximum Gasteiger partial charge on any atom is 0.341 e. The molecule has 1 saturated carbocycles. The number of aromatic carboxylic acids is 1. The van der Waals surface area contributed by atoms with Gasteiger partial charge in [0.05, 0.1) is 11.1 Å². The highest BCUT2D eigenvalue weighted by Crippen LogP contribution is 2.37. The zero-order valence-corrected chi connectivity index (χ0v) is 12.9. The Morgan fingerprint density at radius 1 is 1.26 bits per heavy atom. The molecule has 2 aliphatic rings. The van der Waals surface area contributed by atoms with E-state index in [1.165, 1.54) is 6.20 Å². The number of aromatic nitrogens is 3. The molecule has 7 nitrogen and oxygen atoms in total. The van der Waals surface area contributed by atoms with Crippen molar-refractivity contribution in [3.05, 3.63) is 27.7 Å². The minimum absolute atomic E-state index is 0.204. The standard InChI is InChI=1S/C16H18N4O3/c1-9-12-13(21)11(15(22)23)8-20(10-4-5-10)14(12)18-16(17-9)19-6-2-3-7-19/h8,10H,2-7H2,1H3,(H,22,23). The SMILES string of the molecule is Cc1nc(N2CCCC2)nc2c1c(=O)c(C(=O)O)cn2C1CC1. The van der Waals surface area contributed by atoms with Gasteiger partial charge >= 0.3 is 5.97 Å². The summed E-state index contributed by atoms with van der Waals surface area (Å²) in [5.41, 5.74) is 0.427. The van der Waals surface area contributed by atoms with Crippen LogP contribution in [-0.2, 0) is 0 Å². The Morgan fingerprint density at radius 2 is 1.96 bits per heavy atom. The summed E-state index contributed by atoms with van der Waals surface area (Å²) in [7, 11) is 0.